The smallest absolute Gasteiger partial charge is 0.173 e. The van der Waals surface area contributed by atoms with Gasteiger partial charge >= 0.3 is 0 Å². The molecular weight excluding hydrogens is 647 g/mol. The van der Waals surface area contributed by atoms with Crippen LogP contribution in [0.1, 0.15) is 36.2 Å². The SMILES string of the molecule is COc1cc(C(C)(C)c2cnc(SCc3c(F)cc(C([O-])=NCC[N+]45CCN(CC4)CC5)cc3Cl)n2-c2ccc(F)cc2)ccc1F. The van der Waals surface area contributed by atoms with Crippen LogP contribution in [0, 0.1) is 17.5 Å². The maximum Gasteiger partial charge on any atom is 0.173 e. The number of benzene rings is 3. The zero-order valence-corrected chi connectivity index (χ0v) is 28.2. The quantitative estimate of drug-likeness (QED) is 0.0863. The lowest BCUT2D eigenvalue weighted by Crippen LogP contribution is -2.67. The van der Waals surface area contributed by atoms with Gasteiger partial charge in [-0.25, -0.2) is 18.2 Å². The minimum atomic E-state index is -0.692. The Kier molecular flexibility index (Phi) is 9.62. The number of piperazine rings is 3. The van der Waals surface area contributed by atoms with E-state index in [0.29, 0.717) is 17.4 Å². The predicted octanol–water partition coefficient (Wildman–Crippen LogP) is 5.82. The van der Waals surface area contributed by atoms with Gasteiger partial charge in [0.25, 0.3) is 0 Å². The molecule has 12 heteroatoms. The second-order valence-electron chi connectivity index (χ2n) is 12.7. The number of methoxy groups -OCH3 is 1. The van der Waals surface area contributed by atoms with Gasteiger partial charge in [-0.1, -0.05) is 43.3 Å². The molecule has 0 aliphatic carbocycles. The van der Waals surface area contributed by atoms with E-state index in [1.807, 2.05) is 18.4 Å². The maximum absolute atomic E-state index is 15.5. The van der Waals surface area contributed by atoms with Crippen molar-refractivity contribution in [2.45, 2.75) is 30.2 Å². The Morgan fingerprint density at radius 3 is 2.38 bits per heavy atom. The molecule has 0 saturated carbocycles. The van der Waals surface area contributed by atoms with Gasteiger partial charge in [0, 0.05) is 47.1 Å². The Morgan fingerprint density at radius 2 is 1.72 bits per heavy atom. The largest absolute Gasteiger partial charge is 0.858 e. The Hall–Kier alpha value is -3.51. The third kappa shape index (κ3) is 6.90. The number of quaternary nitrogens is 1. The highest BCUT2D eigenvalue weighted by Crippen LogP contribution is 2.39. The van der Waals surface area contributed by atoms with Gasteiger partial charge in [0.2, 0.25) is 0 Å². The number of aromatic nitrogens is 2. The van der Waals surface area contributed by atoms with Gasteiger partial charge in [0.1, 0.15) is 11.6 Å². The Balaban J connectivity index is 1.23. The molecule has 4 aromatic rings. The number of imidazole rings is 1. The van der Waals surface area contributed by atoms with Crippen LogP contribution in [0.3, 0.4) is 0 Å². The fraction of sp³-hybridized carbons (Fsp3) is 0.371. The summed E-state index contributed by atoms with van der Waals surface area (Å²) in [6.07, 6.45) is 1.71. The van der Waals surface area contributed by atoms with E-state index in [1.165, 1.54) is 49.2 Å². The number of nitrogens with zero attached hydrogens (tertiary/aromatic N) is 5. The van der Waals surface area contributed by atoms with E-state index in [4.69, 9.17) is 16.3 Å². The Labute approximate surface area is 282 Å². The van der Waals surface area contributed by atoms with Crippen molar-refractivity contribution in [2.75, 3.05) is 59.5 Å². The van der Waals surface area contributed by atoms with Gasteiger partial charge in [-0.15, -0.1) is 0 Å². The summed E-state index contributed by atoms with van der Waals surface area (Å²) in [5, 5.41) is 13.5. The standard InChI is InChI=1S/C35H37ClF3N5O2S/c1-35(2,24-4-9-29(38)31(20-24)46-3)32-21-41-34(43(32)26-7-5-25(37)6-8-26)47-22-27-28(36)18-23(19-30(27)39)33(45)40-10-14-44-15-11-42(12-16-44)13-17-44/h4-9,18-21H,10-17,22H2,1-3H3. The molecule has 1 aromatic heterocycles. The number of rotatable bonds is 11. The molecule has 0 radical (unpaired) electrons. The molecule has 3 aliphatic heterocycles. The molecule has 248 valence electrons. The Bertz CT molecular complexity index is 1750. The lowest BCUT2D eigenvalue weighted by Gasteiger charge is -2.50. The molecule has 47 heavy (non-hydrogen) atoms. The van der Waals surface area contributed by atoms with Gasteiger partial charge in [-0.3, -0.25) is 14.5 Å². The lowest BCUT2D eigenvalue weighted by atomic mass is 9.81. The summed E-state index contributed by atoms with van der Waals surface area (Å²) in [7, 11) is 1.41. The van der Waals surface area contributed by atoms with Gasteiger partial charge in [-0.2, -0.15) is 0 Å². The first kappa shape index (κ1) is 33.4. The van der Waals surface area contributed by atoms with Crippen LogP contribution < -0.4 is 9.84 Å². The summed E-state index contributed by atoms with van der Waals surface area (Å²) in [6.45, 7) is 11.6. The van der Waals surface area contributed by atoms with Crippen LogP contribution in [0.2, 0.25) is 5.02 Å². The molecule has 4 heterocycles. The third-order valence-electron chi connectivity index (χ3n) is 9.56. The number of halogens is 4. The molecule has 3 fully saturated rings. The summed E-state index contributed by atoms with van der Waals surface area (Å²) in [6, 6.07) is 13.3. The molecule has 7 nitrogen and oxygen atoms in total. The number of thioether (sulfide) groups is 1. The van der Waals surface area contributed by atoms with Crippen molar-refractivity contribution in [1.29, 1.82) is 0 Å². The van der Waals surface area contributed by atoms with Crippen LogP contribution in [-0.2, 0) is 11.2 Å². The van der Waals surface area contributed by atoms with Gasteiger partial charge in [-0.05, 0) is 65.6 Å². The second-order valence-corrected chi connectivity index (χ2v) is 14.0. The number of fused-ring (bicyclic) bond motifs is 3. The van der Waals surface area contributed by atoms with Crippen LogP contribution in [0.5, 0.6) is 5.75 Å². The third-order valence-corrected chi connectivity index (χ3v) is 10.9. The first-order valence-corrected chi connectivity index (χ1v) is 16.9. The van der Waals surface area contributed by atoms with Crippen LogP contribution in [0.15, 0.2) is 70.9 Å². The minimum absolute atomic E-state index is 0.117. The first-order chi connectivity index (χ1) is 22.5. The highest BCUT2D eigenvalue weighted by atomic mass is 35.5. The highest BCUT2D eigenvalue weighted by molar-refractivity contribution is 7.98. The van der Waals surface area contributed by atoms with Crippen molar-refractivity contribution < 1.29 is 27.5 Å². The van der Waals surface area contributed by atoms with Gasteiger partial charge in [0.05, 0.1) is 51.7 Å². The maximum atomic E-state index is 15.5. The molecule has 0 spiro atoms. The van der Waals surface area contributed by atoms with Gasteiger partial charge in [0.15, 0.2) is 16.7 Å². The number of hydrogen-bond acceptors (Lipinski definition) is 6. The number of ether oxygens (including phenoxy) is 1. The van der Waals surface area contributed by atoms with E-state index < -0.39 is 22.9 Å². The van der Waals surface area contributed by atoms with Crippen LogP contribution in [-0.4, -0.2) is 84.3 Å². The summed E-state index contributed by atoms with van der Waals surface area (Å²) >= 11 is 7.81. The molecule has 3 aliphatic rings. The molecule has 3 saturated heterocycles. The topological polar surface area (TPSA) is 65.7 Å². The normalized spacial score (nSPS) is 19.7. The van der Waals surface area contributed by atoms with Crippen molar-refractivity contribution in [1.82, 2.24) is 14.5 Å². The van der Waals surface area contributed by atoms with Crippen LogP contribution in [0.4, 0.5) is 13.2 Å². The van der Waals surface area contributed by atoms with Crippen molar-refractivity contribution in [3.63, 3.8) is 0 Å². The van der Waals surface area contributed by atoms with E-state index in [0.717, 1.165) is 61.6 Å². The molecule has 0 amide bonds. The van der Waals surface area contributed by atoms with Crippen LogP contribution >= 0.6 is 23.4 Å². The van der Waals surface area contributed by atoms with Crippen molar-refractivity contribution in [3.05, 3.63) is 106 Å². The average Bonchev–Trinajstić information content (AvgIpc) is 3.50. The average molecular weight is 684 g/mol. The Morgan fingerprint density at radius 1 is 1.02 bits per heavy atom. The van der Waals surface area contributed by atoms with Crippen molar-refractivity contribution >= 4 is 29.3 Å². The second kappa shape index (κ2) is 13.5. The van der Waals surface area contributed by atoms with E-state index in [2.05, 4.69) is 14.9 Å². The molecule has 7 rings (SSSR count). The van der Waals surface area contributed by atoms with Crippen molar-refractivity contribution in [3.8, 4) is 11.4 Å². The molecule has 2 bridgehead atoms. The zero-order chi connectivity index (χ0) is 33.3. The first-order valence-electron chi connectivity index (χ1n) is 15.6. The van der Waals surface area contributed by atoms with Crippen LogP contribution in [0.25, 0.3) is 5.69 Å². The number of hydrogen-bond donors (Lipinski definition) is 0. The summed E-state index contributed by atoms with van der Waals surface area (Å²) in [5.74, 6) is -1.70. The zero-order valence-electron chi connectivity index (χ0n) is 26.6. The van der Waals surface area contributed by atoms with E-state index in [1.54, 1.807) is 30.5 Å². The van der Waals surface area contributed by atoms with Crippen molar-refractivity contribution in [2.24, 2.45) is 4.99 Å². The molecule has 0 N–H and O–H groups in total. The highest BCUT2D eigenvalue weighted by Gasteiger charge is 2.37. The summed E-state index contributed by atoms with van der Waals surface area (Å²) < 4.78 is 51.7. The monoisotopic (exact) mass is 683 g/mol. The van der Waals surface area contributed by atoms with E-state index in [-0.39, 0.29) is 33.5 Å². The summed E-state index contributed by atoms with van der Waals surface area (Å²) in [5.41, 5.74) is 1.83. The fourth-order valence-electron chi connectivity index (χ4n) is 6.44. The predicted molar refractivity (Wildman–Crippen MR) is 177 cm³/mol. The van der Waals surface area contributed by atoms with E-state index in [9.17, 15) is 13.9 Å². The lowest BCUT2D eigenvalue weighted by molar-refractivity contribution is -0.939. The molecule has 3 aromatic carbocycles. The van der Waals surface area contributed by atoms with E-state index >= 15 is 4.39 Å². The molecule has 0 atom stereocenters. The van der Waals surface area contributed by atoms with Gasteiger partial charge < -0.3 is 14.3 Å². The minimum Gasteiger partial charge on any atom is -0.858 e. The summed E-state index contributed by atoms with van der Waals surface area (Å²) in [4.78, 5) is 11.4. The molecular formula is C35H37ClF3N5O2S. The molecule has 0 unspecified atom stereocenters. The fourth-order valence-corrected chi connectivity index (χ4v) is 7.82. The number of aliphatic imine (C=N–C) groups is 1.